The first-order valence-electron chi connectivity index (χ1n) is 5.10. The first-order valence-corrected chi connectivity index (χ1v) is 5.10. The number of aliphatic hydroxyl groups excluding tert-OH is 1. The van der Waals surface area contributed by atoms with Gasteiger partial charge in [0.1, 0.15) is 0 Å². The van der Waals surface area contributed by atoms with Gasteiger partial charge in [-0.3, -0.25) is 4.79 Å². The van der Waals surface area contributed by atoms with Gasteiger partial charge in [0.15, 0.2) is 5.78 Å². The van der Waals surface area contributed by atoms with Gasteiger partial charge in [0.05, 0.1) is 6.26 Å². The standard InChI is InChI=1S/C11H18O2/c1-2-3-6-11(7-4-8-11)10(13)5-9-12/h5,9,12H,2-4,6-8H2,1H3. The Morgan fingerprint density at radius 1 is 1.54 bits per heavy atom. The molecule has 1 aliphatic rings. The highest BCUT2D eigenvalue weighted by Crippen LogP contribution is 2.46. The Morgan fingerprint density at radius 3 is 2.62 bits per heavy atom. The average Bonchev–Trinajstić information content (AvgIpc) is 2.03. The van der Waals surface area contributed by atoms with Crippen LogP contribution in [-0.4, -0.2) is 10.9 Å². The number of ketones is 1. The predicted molar refractivity (Wildman–Crippen MR) is 52.6 cm³/mol. The van der Waals surface area contributed by atoms with E-state index >= 15 is 0 Å². The fraction of sp³-hybridized carbons (Fsp3) is 0.727. The summed E-state index contributed by atoms with van der Waals surface area (Å²) >= 11 is 0. The Kier molecular flexibility index (Phi) is 3.52. The summed E-state index contributed by atoms with van der Waals surface area (Å²) in [4.78, 5) is 11.6. The van der Waals surface area contributed by atoms with Crippen LogP contribution in [0.25, 0.3) is 0 Å². The summed E-state index contributed by atoms with van der Waals surface area (Å²) < 4.78 is 0. The van der Waals surface area contributed by atoms with Crippen LogP contribution in [0.4, 0.5) is 0 Å². The Bertz CT molecular complexity index is 202. The van der Waals surface area contributed by atoms with Crippen molar-refractivity contribution in [3.05, 3.63) is 12.3 Å². The first kappa shape index (κ1) is 10.3. The largest absolute Gasteiger partial charge is 0.515 e. The van der Waals surface area contributed by atoms with Crippen LogP contribution in [0.3, 0.4) is 0 Å². The summed E-state index contributed by atoms with van der Waals surface area (Å²) in [5.74, 6) is 0.120. The van der Waals surface area contributed by atoms with E-state index in [0.29, 0.717) is 0 Å². The van der Waals surface area contributed by atoms with Crippen molar-refractivity contribution in [2.45, 2.75) is 45.4 Å². The third-order valence-electron chi connectivity index (χ3n) is 3.07. The van der Waals surface area contributed by atoms with Crippen LogP contribution in [-0.2, 0) is 4.79 Å². The third-order valence-corrected chi connectivity index (χ3v) is 3.07. The molecule has 0 radical (unpaired) electrons. The second-order valence-corrected chi connectivity index (χ2v) is 3.92. The van der Waals surface area contributed by atoms with Crippen molar-refractivity contribution < 1.29 is 9.90 Å². The van der Waals surface area contributed by atoms with Crippen molar-refractivity contribution in [3.8, 4) is 0 Å². The van der Waals surface area contributed by atoms with E-state index in [-0.39, 0.29) is 11.2 Å². The maximum absolute atomic E-state index is 11.6. The Hall–Kier alpha value is -0.790. The van der Waals surface area contributed by atoms with E-state index < -0.39 is 0 Å². The van der Waals surface area contributed by atoms with Crippen LogP contribution < -0.4 is 0 Å². The Balaban J connectivity index is 2.53. The van der Waals surface area contributed by atoms with Gasteiger partial charge >= 0.3 is 0 Å². The van der Waals surface area contributed by atoms with Crippen molar-refractivity contribution in [3.63, 3.8) is 0 Å². The number of allylic oxidation sites excluding steroid dienone is 1. The van der Waals surface area contributed by atoms with Gasteiger partial charge in [-0.05, 0) is 19.3 Å². The molecule has 2 nitrogen and oxygen atoms in total. The smallest absolute Gasteiger partial charge is 0.164 e. The SMILES string of the molecule is CCCCC1(C(=O)C=CO)CCC1. The van der Waals surface area contributed by atoms with Crippen molar-refractivity contribution in [2.24, 2.45) is 5.41 Å². The van der Waals surface area contributed by atoms with Crippen molar-refractivity contribution >= 4 is 5.78 Å². The quantitative estimate of drug-likeness (QED) is 0.524. The molecule has 0 bridgehead atoms. The molecule has 1 rings (SSSR count). The molecule has 1 N–H and O–H groups in total. The highest BCUT2D eigenvalue weighted by Gasteiger charge is 2.41. The maximum atomic E-state index is 11.6. The minimum Gasteiger partial charge on any atom is -0.515 e. The number of carbonyl (C=O) groups is 1. The van der Waals surface area contributed by atoms with Crippen molar-refractivity contribution in [2.75, 3.05) is 0 Å². The molecule has 0 heterocycles. The van der Waals surface area contributed by atoms with E-state index in [1.165, 1.54) is 6.08 Å². The van der Waals surface area contributed by atoms with Gasteiger partial charge in [-0.1, -0.05) is 26.2 Å². The second-order valence-electron chi connectivity index (χ2n) is 3.92. The third kappa shape index (κ3) is 2.11. The van der Waals surface area contributed by atoms with Gasteiger partial charge in [0.25, 0.3) is 0 Å². The van der Waals surface area contributed by atoms with Crippen LogP contribution >= 0.6 is 0 Å². The average molecular weight is 182 g/mol. The maximum Gasteiger partial charge on any atom is 0.164 e. The number of unbranched alkanes of at least 4 members (excludes halogenated alkanes) is 1. The van der Waals surface area contributed by atoms with Crippen LogP contribution in [0.2, 0.25) is 0 Å². The van der Waals surface area contributed by atoms with Gasteiger partial charge in [0, 0.05) is 11.5 Å². The van der Waals surface area contributed by atoms with E-state index in [1.807, 2.05) is 0 Å². The highest BCUT2D eigenvalue weighted by atomic mass is 16.2. The van der Waals surface area contributed by atoms with E-state index in [0.717, 1.165) is 44.8 Å². The number of hydrogen-bond donors (Lipinski definition) is 1. The lowest BCUT2D eigenvalue weighted by Gasteiger charge is -2.39. The van der Waals surface area contributed by atoms with Crippen molar-refractivity contribution in [1.29, 1.82) is 0 Å². The molecule has 0 amide bonds. The highest BCUT2D eigenvalue weighted by molar-refractivity contribution is 5.95. The molecule has 0 spiro atoms. The molecular formula is C11H18O2. The van der Waals surface area contributed by atoms with Gasteiger partial charge < -0.3 is 5.11 Å². The zero-order valence-electron chi connectivity index (χ0n) is 8.25. The van der Waals surface area contributed by atoms with E-state index in [1.54, 1.807) is 0 Å². The summed E-state index contributed by atoms with van der Waals surface area (Å²) in [6.07, 6.45) is 8.61. The van der Waals surface area contributed by atoms with E-state index in [2.05, 4.69) is 6.92 Å². The molecule has 1 saturated carbocycles. The predicted octanol–water partition coefficient (Wildman–Crippen LogP) is 2.99. The molecule has 2 heteroatoms. The Labute approximate surface area is 79.6 Å². The molecule has 1 fully saturated rings. The molecule has 0 atom stereocenters. The van der Waals surface area contributed by atoms with E-state index in [4.69, 9.17) is 5.11 Å². The monoisotopic (exact) mass is 182 g/mol. The summed E-state index contributed by atoms with van der Waals surface area (Å²) in [5, 5.41) is 8.54. The van der Waals surface area contributed by atoms with Gasteiger partial charge in [0.2, 0.25) is 0 Å². The van der Waals surface area contributed by atoms with Gasteiger partial charge in [-0.25, -0.2) is 0 Å². The lowest BCUT2D eigenvalue weighted by molar-refractivity contribution is -0.129. The topological polar surface area (TPSA) is 37.3 Å². The first-order chi connectivity index (χ1) is 6.25. The van der Waals surface area contributed by atoms with Crippen LogP contribution in [0.15, 0.2) is 12.3 Å². The molecule has 0 aromatic heterocycles. The molecule has 0 aliphatic heterocycles. The van der Waals surface area contributed by atoms with Crippen molar-refractivity contribution in [1.82, 2.24) is 0 Å². The minimum atomic E-state index is -0.102. The normalized spacial score (nSPS) is 20.1. The molecule has 13 heavy (non-hydrogen) atoms. The van der Waals surface area contributed by atoms with Crippen LogP contribution in [0.5, 0.6) is 0 Å². The molecule has 0 aromatic rings. The fourth-order valence-corrected chi connectivity index (χ4v) is 1.98. The van der Waals surface area contributed by atoms with Crippen LogP contribution in [0.1, 0.15) is 45.4 Å². The summed E-state index contributed by atoms with van der Waals surface area (Å²) in [7, 11) is 0. The molecule has 0 unspecified atom stereocenters. The second kappa shape index (κ2) is 4.45. The molecular weight excluding hydrogens is 164 g/mol. The number of carbonyl (C=O) groups excluding carboxylic acids is 1. The lowest BCUT2D eigenvalue weighted by Crippen LogP contribution is -2.36. The number of rotatable bonds is 5. The number of hydrogen-bond acceptors (Lipinski definition) is 2. The van der Waals surface area contributed by atoms with E-state index in [9.17, 15) is 4.79 Å². The summed E-state index contributed by atoms with van der Waals surface area (Å²) in [5.41, 5.74) is -0.102. The molecule has 1 aliphatic carbocycles. The Morgan fingerprint density at radius 2 is 2.23 bits per heavy atom. The fourth-order valence-electron chi connectivity index (χ4n) is 1.98. The summed E-state index contributed by atoms with van der Waals surface area (Å²) in [6, 6.07) is 0. The minimum absolute atomic E-state index is 0.102. The van der Waals surface area contributed by atoms with Gasteiger partial charge in [-0.15, -0.1) is 0 Å². The van der Waals surface area contributed by atoms with Crippen LogP contribution in [0, 0.1) is 5.41 Å². The molecule has 0 saturated heterocycles. The zero-order chi connectivity index (χ0) is 9.73. The molecule has 0 aromatic carbocycles. The number of aliphatic hydroxyl groups is 1. The van der Waals surface area contributed by atoms with Gasteiger partial charge in [-0.2, -0.15) is 0 Å². The lowest BCUT2D eigenvalue weighted by atomic mass is 9.63. The zero-order valence-corrected chi connectivity index (χ0v) is 8.25. The molecule has 74 valence electrons. The summed E-state index contributed by atoms with van der Waals surface area (Å²) in [6.45, 7) is 2.14.